The van der Waals surface area contributed by atoms with Crippen LogP contribution in [0.5, 0.6) is 0 Å². The van der Waals surface area contributed by atoms with E-state index in [1.807, 2.05) is 0 Å². The van der Waals surface area contributed by atoms with Gasteiger partial charge in [-0.3, -0.25) is 0 Å². The number of fused-ring (bicyclic) bond motifs is 7. The second-order valence-corrected chi connectivity index (χ2v) is 11.0. The molecule has 0 amide bonds. The number of para-hydroxylation sites is 2. The molecule has 1 heteroatoms. The van der Waals surface area contributed by atoms with Gasteiger partial charge in [0.05, 0.1) is 5.52 Å². The third kappa shape index (κ3) is 2.87. The van der Waals surface area contributed by atoms with Gasteiger partial charge in [0.2, 0.25) is 0 Å². The first-order chi connectivity index (χ1) is 18.6. The molecule has 1 aromatic heterocycles. The molecule has 180 valence electrons. The van der Waals surface area contributed by atoms with Crippen LogP contribution in [0.2, 0.25) is 0 Å². The average molecular weight is 486 g/mol. The summed E-state index contributed by atoms with van der Waals surface area (Å²) in [4.78, 5) is 3.70. The van der Waals surface area contributed by atoms with E-state index in [1.54, 1.807) is 0 Å². The molecule has 7 aromatic rings. The first kappa shape index (κ1) is 21.5. The van der Waals surface area contributed by atoms with Gasteiger partial charge in [0.1, 0.15) is 0 Å². The maximum absolute atomic E-state index is 3.70. The van der Waals surface area contributed by atoms with Gasteiger partial charge in [-0.05, 0) is 61.8 Å². The highest BCUT2D eigenvalue weighted by atomic mass is 14.7. The van der Waals surface area contributed by atoms with Crippen molar-refractivity contribution >= 4 is 32.6 Å². The fraction of sp³-hybridized carbons (Fsp3) is 0.0811. The van der Waals surface area contributed by atoms with Crippen molar-refractivity contribution in [2.24, 2.45) is 0 Å². The molecule has 0 saturated carbocycles. The van der Waals surface area contributed by atoms with Crippen LogP contribution in [0.15, 0.2) is 121 Å². The Hall–Kier alpha value is -4.62. The van der Waals surface area contributed by atoms with Crippen LogP contribution >= 0.6 is 0 Å². The molecule has 0 aliphatic heterocycles. The van der Waals surface area contributed by atoms with Gasteiger partial charge in [-0.15, -0.1) is 0 Å². The van der Waals surface area contributed by atoms with E-state index in [-0.39, 0.29) is 5.41 Å². The number of aromatic amines is 1. The van der Waals surface area contributed by atoms with Crippen molar-refractivity contribution in [3.8, 4) is 33.4 Å². The topological polar surface area (TPSA) is 15.8 Å². The first-order valence-electron chi connectivity index (χ1n) is 13.4. The molecule has 8 rings (SSSR count). The SMILES string of the molecule is CC1(C)c2ccccc2-c2cc(-c3cccc4c(-c5cccc6c5[nH]c5ccccc56)cccc34)ccc21. The van der Waals surface area contributed by atoms with Crippen LogP contribution in [-0.4, -0.2) is 4.98 Å². The van der Waals surface area contributed by atoms with Gasteiger partial charge in [-0.25, -0.2) is 0 Å². The zero-order chi connectivity index (χ0) is 25.4. The molecule has 1 nitrogen and oxygen atoms in total. The Morgan fingerprint density at radius 1 is 0.447 bits per heavy atom. The molecule has 1 aliphatic rings. The zero-order valence-electron chi connectivity index (χ0n) is 21.5. The molecule has 1 heterocycles. The van der Waals surface area contributed by atoms with E-state index in [4.69, 9.17) is 0 Å². The maximum Gasteiger partial charge on any atom is 0.0544 e. The minimum absolute atomic E-state index is 0.0225. The predicted molar refractivity (Wildman–Crippen MR) is 162 cm³/mol. The van der Waals surface area contributed by atoms with Crippen molar-refractivity contribution in [1.29, 1.82) is 0 Å². The van der Waals surface area contributed by atoms with Crippen molar-refractivity contribution in [3.05, 3.63) is 132 Å². The fourth-order valence-corrected chi connectivity index (χ4v) is 6.78. The summed E-state index contributed by atoms with van der Waals surface area (Å²) in [5.74, 6) is 0. The quantitative estimate of drug-likeness (QED) is 0.251. The van der Waals surface area contributed by atoms with Gasteiger partial charge in [-0.1, -0.05) is 123 Å². The Balaban J connectivity index is 1.35. The van der Waals surface area contributed by atoms with Gasteiger partial charge < -0.3 is 4.98 Å². The van der Waals surface area contributed by atoms with Crippen molar-refractivity contribution in [3.63, 3.8) is 0 Å². The smallest absolute Gasteiger partial charge is 0.0544 e. The number of rotatable bonds is 2. The molecule has 0 spiro atoms. The van der Waals surface area contributed by atoms with E-state index in [0.29, 0.717) is 0 Å². The summed E-state index contributed by atoms with van der Waals surface area (Å²) in [5, 5.41) is 5.10. The molecule has 0 atom stereocenters. The van der Waals surface area contributed by atoms with E-state index in [9.17, 15) is 0 Å². The minimum Gasteiger partial charge on any atom is -0.354 e. The monoisotopic (exact) mass is 485 g/mol. The Kier molecular flexibility index (Phi) is 4.35. The molecule has 38 heavy (non-hydrogen) atoms. The molecule has 6 aromatic carbocycles. The predicted octanol–water partition coefficient (Wildman–Crippen LogP) is 10.1. The van der Waals surface area contributed by atoms with E-state index >= 15 is 0 Å². The molecule has 0 radical (unpaired) electrons. The van der Waals surface area contributed by atoms with E-state index < -0.39 is 0 Å². The molecule has 0 saturated heterocycles. The second kappa shape index (κ2) is 7.69. The number of hydrogen-bond donors (Lipinski definition) is 1. The van der Waals surface area contributed by atoms with Crippen LogP contribution in [0.3, 0.4) is 0 Å². The van der Waals surface area contributed by atoms with Crippen LogP contribution in [0.25, 0.3) is 66.0 Å². The molecular formula is C37H27N. The second-order valence-electron chi connectivity index (χ2n) is 11.0. The molecular weight excluding hydrogens is 458 g/mol. The van der Waals surface area contributed by atoms with Crippen molar-refractivity contribution < 1.29 is 0 Å². The highest BCUT2D eigenvalue weighted by molar-refractivity contribution is 6.15. The molecule has 0 fully saturated rings. The number of benzene rings is 6. The molecule has 0 unspecified atom stereocenters. The lowest BCUT2D eigenvalue weighted by Crippen LogP contribution is -2.14. The van der Waals surface area contributed by atoms with Gasteiger partial charge in [0.25, 0.3) is 0 Å². The standard InChI is InChI=1S/C37H27N/c1-37(2)33-18-5-3-10-28(33)32-22-23(20-21-34(32)37)24-12-7-14-26-25(24)13-8-15-27(26)30-16-9-17-31-29-11-4-6-19-35(29)38-36(30)31/h3-22,38H,1-2H3. The van der Waals surface area contributed by atoms with Crippen molar-refractivity contribution in [2.45, 2.75) is 19.3 Å². The summed E-state index contributed by atoms with van der Waals surface area (Å²) in [7, 11) is 0. The van der Waals surface area contributed by atoms with Crippen LogP contribution in [0.4, 0.5) is 0 Å². The molecule has 1 N–H and O–H groups in total. The number of aromatic nitrogens is 1. The Morgan fingerprint density at radius 3 is 1.92 bits per heavy atom. The molecule has 1 aliphatic carbocycles. The van der Waals surface area contributed by atoms with E-state index in [1.165, 1.54) is 77.1 Å². The average Bonchev–Trinajstić information content (AvgIpc) is 3.45. The zero-order valence-corrected chi connectivity index (χ0v) is 21.5. The van der Waals surface area contributed by atoms with Crippen LogP contribution in [-0.2, 0) is 5.41 Å². The maximum atomic E-state index is 3.70. The minimum atomic E-state index is 0.0225. The van der Waals surface area contributed by atoms with Gasteiger partial charge >= 0.3 is 0 Å². The van der Waals surface area contributed by atoms with Crippen LogP contribution in [0.1, 0.15) is 25.0 Å². The Morgan fingerprint density at radius 2 is 1.05 bits per heavy atom. The summed E-state index contributed by atoms with van der Waals surface area (Å²) < 4.78 is 0. The normalized spacial score (nSPS) is 13.7. The lowest BCUT2D eigenvalue weighted by Gasteiger charge is -2.21. The summed E-state index contributed by atoms with van der Waals surface area (Å²) in [6.45, 7) is 4.68. The van der Waals surface area contributed by atoms with Gasteiger partial charge in [0, 0.05) is 27.3 Å². The lowest BCUT2D eigenvalue weighted by molar-refractivity contribution is 0.660. The highest BCUT2D eigenvalue weighted by Gasteiger charge is 2.35. The summed E-state index contributed by atoms with van der Waals surface area (Å²) >= 11 is 0. The van der Waals surface area contributed by atoms with Gasteiger partial charge in [0.15, 0.2) is 0 Å². The third-order valence-corrected chi connectivity index (χ3v) is 8.65. The summed E-state index contributed by atoms with van der Waals surface area (Å²) in [6.07, 6.45) is 0. The van der Waals surface area contributed by atoms with Crippen molar-refractivity contribution in [1.82, 2.24) is 4.98 Å². The largest absolute Gasteiger partial charge is 0.354 e. The highest BCUT2D eigenvalue weighted by Crippen LogP contribution is 2.50. The van der Waals surface area contributed by atoms with E-state index in [2.05, 4.69) is 140 Å². The summed E-state index contributed by atoms with van der Waals surface area (Å²) in [5.41, 5.74) is 13.0. The van der Waals surface area contributed by atoms with E-state index in [0.717, 1.165) is 0 Å². The number of H-pyrrole nitrogens is 1. The van der Waals surface area contributed by atoms with Gasteiger partial charge in [-0.2, -0.15) is 0 Å². The third-order valence-electron chi connectivity index (χ3n) is 8.65. The summed E-state index contributed by atoms with van der Waals surface area (Å²) in [6, 6.07) is 44.6. The lowest BCUT2D eigenvalue weighted by atomic mass is 9.82. The number of hydrogen-bond acceptors (Lipinski definition) is 0. The number of nitrogens with one attached hydrogen (secondary N) is 1. The molecule has 0 bridgehead atoms. The van der Waals surface area contributed by atoms with Crippen molar-refractivity contribution in [2.75, 3.05) is 0 Å². The van der Waals surface area contributed by atoms with Crippen LogP contribution in [0, 0.1) is 0 Å². The fourth-order valence-electron chi connectivity index (χ4n) is 6.78. The Labute approximate surface area is 222 Å². The van der Waals surface area contributed by atoms with Crippen LogP contribution < -0.4 is 0 Å². The first-order valence-corrected chi connectivity index (χ1v) is 13.4. The Bertz CT molecular complexity index is 2050.